The maximum atomic E-state index is 13.1. The molecular formula is C17H20FNS. The van der Waals surface area contributed by atoms with Gasteiger partial charge in [0.15, 0.2) is 0 Å². The first-order chi connectivity index (χ1) is 9.69. The maximum absolute atomic E-state index is 13.1. The van der Waals surface area contributed by atoms with Crippen LogP contribution >= 0.6 is 11.8 Å². The van der Waals surface area contributed by atoms with Crippen molar-refractivity contribution in [2.45, 2.75) is 30.7 Å². The minimum Gasteiger partial charge on any atom is -0.323 e. The van der Waals surface area contributed by atoms with Crippen molar-refractivity contribution in [2.24, 2.45) is 5.73 Å². The van der Waals surface area contributed by atoms with Crippen LogP contribution in [0.5, 0.6) is 0 Å². The van der Waals surface area contributed by atoms with Crippen LogP contribution in [0.4, 0.5) is 4.39 Å². The van der Waals surface area contributed by atoms with Crippen molar-refractivity contribution in [1.29, 1.82) is 0 Å². The Labute approximate surface area is 124 Å². The van der Waals surface area contributed by atoms with Gasteiger partial charge in [-0.3, -0.25) is 0 Å². The summed E-state index contributed by atoms with van der Waals surface area (Å²) in [7, 11) is 0. The molecule has 0 aliphatic rings. The fourth-order valence-electron chi connectivity index (χ4n) is 2.06. The number of thioether (sulfide) groups is 1. The quantitative estimate of drug-likeness (QED) is 0.788. The molecule has 20 heavy (non-hydrogen) atoms. The van der Waals surface area contributed by atoms with Crippen molar-refractivity contribution in [3.05, 3.63) is 65.5 Å². The molecule has 1 atom stereocenters. The van der Waals surface area contributed by atoms with Crippen LogP contribution in [0.1, 0.15) is 30.5 Å². The predicted molar refractivity (Wildman–Crippen MR) is 84.5 cm³/mol. The molecule has 0 aromatic heterocycles. The summed E-state index contributed by atoms with van der Waals surface area (Å²) in [6.45, 7) is 2.18. The highest BCUT2D eigenvalue weighted by molar-refractivity contribution is 7.99. The standard InChI is InChI=1S/C17H20FNS/c1-2-4-13-7-9-14(10-8-13)17(19)12-20-16-6-3-5-15(18)11-16/h3,5-11,17H,2,4,12,19H2,1H3. The van der Waals surface area contributed by atoms with Gasteiger partial charge in [0.1, 0.15) is 5.82 Å². The monoisotopic (exact) mass is 289 g/mol. The Kier molecular flexibility index (Phi) is 5.62. The van der Waals surface area contributed by atoms with E-state index in [1.165, 1.54) is 11.6 Å². The van der Waals surface area contributed by atoms with Crippen molar-refractivity contribution in [3.8, 4) is 0 Å². The zero-order chi connectivity index (χ0) is 14.4. The van der Waals surface area contributed by atoms with Crippen LogP contribution in [0.15, 0.2) is 53.4 Å². The van der Waals surface area contributed by atoms with E-state index < -0.39 is 0 Å². The molecule has 0 saturated carbocycles. The number of halogens is 1. The van der Waals surface area contributed by atoms with Crippen LogP contribution < -0.4 is 5.73 Å². The smallest absolute Gasteiger partial charge is 0.124 e. The van der Waals surface area contributed by atoms with Crippen LogP contribution in [0.25, 0.3) is 0 Å². The van der Waals surface area contributed by atoms with E-state index in [1.807, 2.05) is 6.07 Å². The Morgan fingerprint density at radius 2 is 1.90 bits per heavy atom. The molecule has 1 nitrogen and oxygen atoms in total. The zero-order valence-corrected chi connectivity index (χ0v) is 12.5. The van der Waals surface area contributed by atoms with Crippen LogP contribution in [-0.2, 0) is 6.42 Å². The average molecular weight is 289 g/mol. The highest BCUT2D eigenvalue weighted by Gasteiger charge is 2.07. The van der Waals surface area contributed by atoms with Gasteiger partial charge in [-0.25, -0.2) is 4.39 Å². The number of rotatable bonds is 6. The second-order valence-electron chi connectivity index (χ2n) is 4.87. The van der Waals surface area contributed by atoms with Gasteiger partial charge in [-0.1, -0.05) is 43.7 Å². The fraction of sp³-hybridized carbons (Fsp3) is 0.294. The van der Waals surface area contributed by atoms with Gasteiger partial charge in [0.25, 0.3) is 0 Å². The van der Waals surface area contributed by atoms with Crippen molar-refractivity contribution in [2.75, 3.05) is 5.75 Å². The Morgan fingerprint density at radius 3 is 2.55 bits per heavy atom. The number of hydrogen-bond donors (Lipinski definition) is 1. The molecule has 0 saturated heterocycles. The number of benzene rings is 2. The summed E-state index contributed by atoms with van der Waals surface area (Å²) in [6.07, 6.45) is 2.26. The van der Waals surface area contributed by atoms with Crippen LogP contribution in [0.3, 0.4) is 0 Å². The first kappa shape index (κ1) is 15.1. The highest BCUT2D eigenvalue weighted by atomic mass is 32.2. The van der Waals surface area contributed by atoms with Crippen LogP contribution in [-0.4, -0.2) is 5.75 Å². The van der Waals surface area contributed by atoms with Gasteiger partial charge in [0, 0.05) is 16.7 Å². The number of nitrogens with two attached hydrogens (primary N) is 1. The van der Waals surface area contributed by atoms with E-state index >= 15 is 0 Å². The summed E-state index contributed by atoms with van der Waals surface area (Å²) < 4.78 is 13.1. The second-order valence-corrected chi connectivity index (χ2v) is 5.96. The Morgan fingerprint density at radius 1 is 1.15 bits per heavy atom. The lowest BCUT2D eigenvalue weighted by Gasteiger charge is -2.12. The number of hydrogen-bond acceptors (Lipinski definition) is 2. The molecule has 0 fully saturated rings. The van der Waals surface area contributed by atoms with Crippen molar-refractivity contribution < 1.29 is 4.39 Å². The summed E-state index contributed by atoms with van der Waals surface area (Å²) in [5.41, 5.74) is 8.67. The highest BCUT2D eigenvalue weighted by Crippen LogP contribution is 2.24. The van der Waals surface area contributed by atoms with Gasteiger partial charge in [-0.2, -0.15) is 0 Å². The van der Waals surface area contributed by atoms with Crippen molar-refractivity contribution in [3.63, 3.8) is 0 Å². The molecule has 2 rings (SSSR count). The molecule has 106 valence electrons. The van der Waals surface area contributed by atoms with E-state index in [-0.39, 0.29) is 11.9 Å². The lowest BCUT2D eigenvalue weighted by Crippen LogP contribution is -2.12. The van der Waals surface area contributed by atoms with Crippen LogP contribution in [0, 0.1) is 5.82 Å². The van der Waals surface area contributed by atoms with E-state index in [0.717, 1.165) is 29.1 Å². The third kappa shape index (κ3) is 4.36. The molecule has 2 aromatic carbocycles. The van der Waals surface area contributed by atoms with E-state index in [0.29, 0.717) is 0 Å². The van der Waals surface area contributed by atoms with Crippen LogP contribution in [0.2, 0.25) is 0 Å². The minimum atomic E-state index is -0.201. The van der Waals surface area contributed by atoms with E-state index in [4.69, 9.17) is 5.73 Å². The average Bonchev–Trinajstić information content (AvgIpc) is 2.46. The van der Waals surface area contributed by atoms with Crippen molar-refractivity contribution >= 4 is 11.8 Å². The lowest BCUT2D eigenvalue weighted by atomic mass is 10.0. The summed E-state index contributed by atoms with van der Waals surface area (Å²) in [5, 5.41) is 0. The second kappa shape index (κ2) is 7.46. The first-order valence-corrected chi connectivity index (χ1v) is 7.90. The molecule has 0 aliphatic heterocycles. The first-order valence-electron chi connectivity index (χ1n) is 6.92. The molecule has 3 heteroatoms. The van der Waals surface area contributed by atoms with Gasteiger partial charge >= 0.3 is 0 Å². The molecule has 0 aliphatic carbocycles. The minimum absolute atomic E-state index is 0.0288. The molecule has 0 spiro atoms. The largest absolute Gasteiger partial charge is 0.323 e. The molecular weight excluding hydrogens is 269 g/mol. The Hall–Kier alpha value is -1.32. The van der Waals surface area contributed by atoms with Gasteiger partial charge in [-0.05, 0) is 35.7 Å². The summed E-state index contributed by atoms with van der Waals surface area (Å²) >= 11 is 1.59. The SMILES string of the molecule is CCCc1ccc(C(N)CSc2cccc(F)c2)cc1. The zero-order valence-electron chi connectivity index (χ0n) is 11.7. The molecule has 0 radical (unpaired) electrons. The molecule has 2 N–H and O–H groups in total. The summed E-state index contributed by atoms with van der Waals surface area (Å²) in [4.78, 5) is 0.919. The van der Waals surface area contributed by atoms with Gasteiger partial charge in [0.2, 0.25) is 0 Å². The van der Waals surface area contributed by atoms with Gasteiger partial charge in [0.05, 0.1) is 0 Å². The predicted octanol–water partition coefficient (Wildman–Crippen LogP) is 4.57. The topological polar surface area (TPSA) is 26.0 Å². The normalized spacial score (nSPS) is 12.3. The van der Waals surface area contributed by atoms with Crippen molar-refractivity contribution in [1.82, 2.24) is 0 Å². The third-order valence-corrected chi connectivity index (χ3v) is 4.29. The summed E-state index contributed by atoms with van der Waals surface area (Å²) in [6, 6.07) is 15.1. The lowest BCUT2D eigenvalue weighted by molar-refractivity contribution is 0.624. The van der Waals surface area contributed by atoms with E-state index in [9.17, 15) is 4.39 Å². The fourth-order valence-corrected chi connectivity index (χ4v) is 2.99. The van der Waals surface area contributed by atoms with Gasteiger partial charge in [-0.15, -0.1) is 11.8 Å². The molecule has 0 bridgehead atoms. The van der Waals surface area contributed by atoms with E-state index in [1.54, 1.807) is 23.9 Å². The Bertz CT molecular complexity index is 539. The molecule has 1 unspecified atom stereocenters. The maximum Gasteiger partial charge on any atom is 0.124 e. The molecule has 0 amide bonds. The molecule has 0 heterocycles. The van der Waals surface area contributed by atoms with E-state index in [2.05, 4.69) is 31.2 Å². The number of aryl methyl sites for hydroxylation is 1. The summed E-state index contributed by atoms with van der Waals surface area (Å²) in [5.74, 6) is 0.545. The molecule has 2 aromatic rings. The van der Waals surface area contributed by atoms with Gasteiger partial charge < -0.3 is 5.73 Å². The Balaban J connectivity index is 1.92. The third-order valence-electron chi connectivity index (χ3n) is 3.17.